The fourth-order valence-electron chi connectivity index (χ4n) is 3.99. The van der Waals surface area contributed by atoms with Crippen LogP contribution in [-0.2, 0) is 14.4 Å². The Labute approximate surface area is 202 Å². The molecule has 0 radical (unpaired) electrons. The second-order valence-electron chi connectivity index (χ2n) is 8.17. The van der Waals surface area contributed by atoms with Crippen molar-refractivity contribution >= 4 is 40.7 Å². The van der Waals surface area contributed by atoms with Gasteiger partial charge in [0.05, 0.1) is 18.5 Å². The van der Waals surface area contributed by atoms with Gasteiger partial charge in [-0.05, 0) is 56.3 Å². The van der Waals surface area contributed by atoms with E-state index in [2.05, 4.69) is 9.97 Å². The number of para-hydroxylation sites is 2. The van der Waals surface area contributed by atoms with Crippen LogP contribution in [0.1, 0.15) is 13.8 Å². The van der Waals surface area contributed by atoms with Gasteiger partial charge in [-0.3, -0.25) is 19.3 Å². The van der Waals surface area contributed by atoms with Crippen LogP contribution in [0.4, 0.5) is 23.0 Å². The predicted octanol–water partition coefficient (Wildman–Crippen LogP) is 2.27. The molecule has 0 aliphatic carbocycles. The largest absolute Gasteiger partial charge is 0.497 e. The Balaban J connectivity index is 1.74. The maximum Gasteiger partial charge on any atom is 0.260 e. The van der Waals surface area contributed by atoms with E-state index in [1.165, 1.54) is 22.2 Å². The number of nitrogens with two attached hydrogens (primary N) is 1. The second-order valence-corrected chi connectivity index (χ2v) is 8.17. The molecule has 0 saturated carbocycles. The van der Waals surface area contributed by atoms with Gasteiger partial charge in [-0.15, -0.1) is 0 Å². The first-order valence-corrected chi connectivity index (χ1v) is 11.1. The number of hydrogen-bond donors (Lipinski definition) is 1. The molecule has 1 unspecified atom stereocenters. The van der Waals surface area contributed by atoms with E-state index in [0.29, 0.717) is 22.8 Å². The molecule has 1 aromatic heterocycles. The molecule has 3 aromatic rings. The first-order valence-electron chi connectivity index (χ1n) is 11.1. The zero-order valence-corrected chi connectivity index (χ0v) is 19.7. The van der Waals surface area contributed by atoms with E-state index in [4.69, 9.17) is 10.5 Å². The van der Waals surface area contributed by atoms with Crippen LogP contribution in [0.3, 0.4) is 0 Å². The van der Waals surface area contributed by atoms with Crippen LogP contribution in [-0.4, -0.2) is 53.4 Å². The fourth-order valence-corrected chi connectivity index (χ4v) is 3.99. The number of anilines is 4. The maximum atomic E-state index is 13.6. The van der Waals surface area contributed by atoms with Gasteiger partial charge in [0.15, 0.2) is 6.04 Å². The summed E-state index contributed by atoms with van der Waals surface area (Å²) in [6.07, 6.45) is 2.99. The molecular formula is C25H26N6O4. The van der Waals surface area contributed by atoms with Crippen molar-refractivity contribution in [2.75, 3.05) is 28.4 Å². The number of carbonyl (C=O) groups is 3. The van der Waals surface area contributed by atoms with Gasteiger partial charge in [0.1, 0.15) is 12.3 Å². The molecule has 2 N–H and O–H groups in total. The van der Waals surface area contributed by atoms with E-state index in [9.17, 15) is 14.4 Å². The third-order valence-corrected chi connectivity index (χ3v) is 5.61. The topological polar surface area (TPSA) is 122 Å². The number of methoxy groups -OCH3 is 1. The van der Waals surface area contributed by atoms with Gasteiger partial charge in [-0.2, -0.15) is 0 Å². The molecule has 2 heterocycles. The molecule has 1 aliphatic rings. The Morgan fingerprint density at radius 2 is 1.63 bits per heavy atom. The molecule has 0 saturated heterocycles. The fraction of sp³-hybridized carbons (Fsp3) is 0.240. The number of carbonyl (C=O) groups excluding carboxylic acids is 3. The summed E-state index contributed by atoms with van der Waals surface area (Å²) in [5.74, 6) is -0.956. The van der Waals surface area contributed by atoms with Crippen LogP contribution in [0.2, 0.25) is 0 Å². The minimum atomic E-state index is -1.53. The summed E-state index contributed by atoms with van der Waals surface area (Å²) in [6, 6.07) is 13.7. The average Bonchev–Trinajstić information content (AvgIpc) is 2.94. The Morgan fingerprint density at radius 1 is 1.00 bits per heavy atom. The van der Waals surface area contributed by atoms with Gasteiger partial charge in [0, 0.05) is 24.1 Å². The molecule has 1 atom stereocenters. The number of ether oxygens (including phenoxy) is 1. The number of rotatable bonds is 6. The number of amides is 3. The van der Waals surface area contributed by atoms with E-state index in [1.807, 2.05) is 13.8 Å². The number of aromatic nitrogens is 2. The molecule has 180 valence electrons. The van der Waals surface area contributed by atoms with Crippen molar-refractivity contribution in [3.05, 3.63) is 67.0 Å². The normalized spacial score (nSPS) is 15.6. The molecule has 35 heavy (non-hydrogen) atoms. The Morgan fingerprint density at radius 3 is 2.23 bits per heavy atom. The summed E-state index contributed by atoms with van der Waals surface area (Å²) < 4.78 is 5.21. The molecule has 0 bridgehead atoms. The predicted molar refractivity (Wildman–Crippen MR) is 132 cm³/mol. The van der Waals surface area contributed by atoms with Crippen LogP contribution in [0, 0.1) is 0 Å². The standard InChI is InChI=1S/C25H26N6O4/c1-16(2)30(17-9-11-18(35-3)12-10-17)21(32)15-29-19-7-4-5-8-20(19)31(24(34)22(26)23(29)33)25-27-13-6-14-28-25/h4-14,16,22H,15,26H2,1-3H3. The minimum absolute atomic E-state index is 0.0865. The summed E-state index contributed by atoms with van der Waals surface area (Å²) in [4.78, 5) is 52.6. The lowest BCUT2D eigenvalue weighted by molar-refractivity contribution is -0.129. The van der Waals surface area contributed by atoms with Crippen molar-refractivity contribution in [3.63, 3.8) is 0 Å². The Bertz CT molecular complexity index is 1230. The molecule has 1 aliphatic heterocycles. The number of nitrogens with zero attached hydrogens (tertiary/aromatic N) is 5. The highest BCUT2D eigenvalue weighted by atomic mass is 16.5. The third kappa shape index (κ3) is 4.56. The highest BCUT2D eigenvalue weighted by Gasteiger charge is 2.41. The van der Waals surface area contributed by atoms with Crippen LogP contribution in [0.5, 0.6) is 5.75 Å². The van der Waals surface area contributed by atoms with Crippen molar-refractivity contribution in [3.8, 4) is 5.75 Å². The van der Waals surface area contributed by atoms with Crippen LogP contribution >= 0.6 is 0 Å². The quantitative estimate of drug-likeness (QED) is 0.544. The Kier molecular flexibility index (Phi) is 6.74. The summed E-state index contributed by atoms with van der Waals surface area (Å²) in [5.41, 5.74) is 7.47. The molecular weight excluding hydrogens is 448 g/mol. The lowest BCUT2D eigenvalue weighted by atomic mass is 10.2. The van der Waals surface area contributed by atoms with Crippen LogP contribution in [0.25, 0.3) is 0 Å². The highest BCUT2D eigenvalue weighted by molar-refractivity contribution is 6.23. The summed E-state index contributed by atoms with van der Waals surface area (Å²) in [6.45, 7) is 3.44. The van der Waals surface area contributed by atoms with Gasteiger partial charge in [-0.1, -0.05) is 12.1 Å². The lowest BCUT2D eigenvalue weighted by Gasteiger charge is -2.31. The van der Waals surface area contributed by atoms with Gasteiger partial charge in [-0.25, -0.2) is 14.9 Å². The molecule has 0 fully saturated rings. The van der Waals surface area contributed by atoms with Crippen molar-refractivity contribution < 1.29 is 19.1 Å². The van der Waals surface area contributed by atoms with E-state index < -0.39 is 17.9 Å². The molecule has 2 aromatic carbocycles. The average molecular weight is 475 g/mol. The van der Waals surface area contributed by atoms with E-state index >= 15 is 0 Å². The highest BCUT2D eigenvalue weighted by Crippen LogP contribution is 2.36. The second kappa shape index (κ2) is 9.90. The maximum absolute atomic E-state index is 13.6. The monoisotopic (exact) mass is 474 g/mol. The zero-order chi connectivity index (χ0) is 25.1. The van der Waals surface area contributed by atoms with Crippen molar-refractivity contribution in [2.45, 2.75) is 25.9 Å². The third-order valence-electron chi connectivity index (χ3n) is 5.61. The summed E-state index contributed by atoms with van der Waals surface area (Å²) in [7, 11) is 1.57. The van der Waals surface area contributed by atoms with Gasteiger partial charge in [0.25, 0.3) is 11.8 Å². The van der Waals surface area contributed by atoms with Crippen molar-refractivity contribution in [1.29, 1.82) is 0 Å². The van der Waals surface area contributed by atoms with Gasteiger partial charge in [0.2, 0.25) is 11.9 Å². The molecule has 4 rings (SSSR count). The number of fused-ring (bicyclic) bond motifs is 1. The lowest BCUT2D eigenvalue weighted by Crippen LogP contribution is -2.53. The molecule has 0 spiro atoms. The first kappa shape index (κ1) is 23.8. The van der Waals surface area contributed by atoms with Crippen molar-refractivity contribution in [1.82, 2.24) is 9.97 Å². The summed E-state index contributed by atoms with van der Waals surface area (Å²) >= 11 is 0. The van der Waals surface area contributed by atoms with E-state index in [0.717, 1.165) is 0 Å². The smallest absolute Gasteiger partial charge is 0.260 e. The van der Waals surface area contributed by atoms with Crippen LogP contribution < -0.4 is 25.2 Å². The summed E-state index contributed by atoms with van der Waals surface area (Å²) in [5, 5.41) is 0. The van der Waals surface area contributed by atoms with E-state index in [1.54, 1.807) is 66.6 Å². The zero-order valence-electron chi connectivity index (χ0n) is 19.7. The SMILES string of the molecule is COc1ccc(N(C(=O)CN2C(=O)C(N)C(=O)N(c3ncccn3)c3ccccc32)C(C)C)cc1. The van der Waals surface area contributed by atoms with Gasteiger partial charge < -0.3 is 15.4 Å². The first-order chi connectivity index (χ1) is 16.8. The molecule has 10 nitrogen and oxygen atoms in total. The molecule has 10 heteroatoms. The van der Waals surface area contributed by atoms with Crippen LogP contribution in [0.15, 0.2) is 67.0 Å². The van der Waals surface area contributed by atoms with E-state index in [-0.39, 0.29) is 24.4 Å². The van der Waals surface area contributed by atoms with Crippen molar-refractivity contribution in [2.24, 2.45) is 5.73 Å². The Hall–Kier alpha value is -4.31. The van der Waals surface area contributed by atoms with Gasteiger partial charge >= 0.3 is 0 Å². The molecule has 3 amide bonds. The minimum Gasteiger partial charge on any atom is -0.497 e. The number of benzene rings is 2. The number of hydrogen-bond acceptors (Lipinski definition) is 7.